The SMILES string of the molecule is CNCCN(C(=O)OC(C)(C)C)C1CCC1. The smallest absolute Gasteiger partial charge is 0.410 e. The average molecular weight is 228 g/mol. The van der Waals surface area contributed by atoms with Gasteiger partial charge in [0.25, 0.3) is 0 Å². The Kier molecular flexibility index (Phi) is 4.59. The standard InChI is InChI=1S/C12H24N2O2/c1-12(2,3)16-11(15)14(9-8-13-4)10-6-5-7-10/h10,13H,5-9H2,1-4H3. The minimum absolute atomic E-state index is 0.174. The van der Waals surface area contributed by atoms with Crippen molar-refractivity contribution in [1.82, 2.24) is 10.2 Å². The van der Waals surface area contributed by atoms with Gasteiger partial charge >= 0.3 is 6.09 Å². The van der Waals surface area contributed by atoms with E-state index in [0.717, 1.165) is 25.9 Å². The number of amides is 1. The van der Waals surface area contributed by atoms with E-state index in [0.29, 0.717) is 6.04 Å². The maximum Gasteiger partial charge on any atom is 0.410 e. The zero-order chi connectivity index (χ0) is 12.2. The fraction of sp³-hybridized carbons (Fsp3) is 0.917. The van der Waals surface area contributed by atoms with E-state index in [1.807, 2.05) is 32.7 Å². The van der Waals surface area contributed by atoms with Crippen LogP contribution in [0, 0.1) is 0 Å². The maximum absolute atomic E-state index is 12.0. The summed E-state index contributed by atoms with van der Waals surface area (Å²) in [6.45, 7) is 7.26. The molecule has 0 aliphatic heterocycles. The van der Waals surface area contributed by atoms with Crippen LogP contribution in [0.25, 0.3) is 0 Å². The third-order valence-corrected chi connectivity index (χ3v) is 2.75. The zero-order valence-electron chi connectivity index (χ0n) is 10.9. The van der Waals surface area contributed by atoms with Crippen molar-refractivity contribution in [2.24, 2.45) is 0 Å². The van der Waals surface area contributed by atoms with Gasteiger partial charge in [-0.2, -0.15) is 0 Å². The van der Waals surface area contributed by atoms with Gasteiger partial charge in [-0.05, 0) is 47.1 Å². The molecular weight excluding hydrogens is 204 g/mol. The highest BCUT2D eigenvalue weighted by molar-refractivity contribution is 5.68. The number of likely N-dealkylation sites (N-methyl/N-ethyl adjacent to an activating group) is 1. The molecule has 4 nitrogen and oxygen atoms in total. The van der Waals surface area contributed by atoms with Gasteiger partial charge in [0, 0.05) is 19.1 Å². The lowest BCUT2D eigenvalue weighted by Gasteiger charge is -2.38. The van der Waals surface area contributed by atoms with Gasteiger partial charge < -0.3 is 15.0 Å². The molecule has 1 amide bonds. The fourth-order valence-corrected chi connectivity index (χ4v) is 1.67. The van der Waals surface area contributed by atoms with Gasteiger partial charge in [-0.15, -0.1) is 0 Å². The number of ether oxygens (including phenoxy) is 1. The molecule has 0 bridgehead atoms. The predicted octanol–water partition coefficient (Wildman–Crippen LogP) is 2.00. The highest BCUT2D eigenvalue weighted by Crippen LogP contribution is 2.26. The van der Waals surface area contributed by atoms with Crippen molar-refractivity contribution in [3.05, 3.63) is 0 Å². The summed E-state index contributed by atoms with van der Waals surface area (Å²) in [6, 6.07) is 0.392. The third kappa shape index (κ3) is 4.00. The molecule has 1 aliphatic carbocycles. The summed E-state index contributed by atoms with van der Waals surface area (Å²) >= 11 is 0. The zero-order valence-corrected chi connectivity index (χ0v) is 10.9. The fourth-order valence-electron chi connectivity index (χ4n) is 1.67. The molecule has 0 aromatic heterocycles. The van der Waals surface area contributed by atoms with E-state index in [1.165, 1.54) is 6.42 Å². The van der Waals surface area contributed by atoms with Crippen molar-refractivity contribution in [1.29, 1.82) is 0 Å². The summed E-state index contributed by atoms with van der Waals surface area (Å²) < 4.78 is 5.41. The van der Waals surface area contributed by atoms with Gasteiger partial charge in [-0.25, -0.2) is 4.79 Å². The second-order valence-corrected chi connectivity index (χ2v) is 5.36. The largest absolute Gasteiger partial charge is 0.444 e. The van der Waals surface area contributed by atoms with Crippen LogP contribution in [0.3, 0.4) is 0 Å². The van der Waals surface area contributed by atoms with Crippen LogP contribution in [0.5, 0.6) is 0 Å². The minimum atomic E-state index is -0.404. The Bertz CT molecular complexity index is 232. The first-order chi connectivity index (χ1) is 7.44. The molecule has 1 N–H and O–H groups in total. The van der Waals surface area contributed by atoms with Crippen molar-refractivity contribution >= 4 is 6.09 Å². The second-order valence-electron chi connectivity index (χ2n) is 5.36. The van der Waals surface area contributed by atoms with Crippen LogP contribution in [0.2, 0.25) is 0 Å². The number of rotatable bonds is 4. The Labute approximate surface area is 98.3 Å². The number of hydrogen-bond acceptors (Lipinski definition) is 3. The van der Waals surface area contributed by atoms with E-state index in [9.17, 15) is 4.79 Å². The lowest BCUT2D eigenvalue weighted by Crippen LogP contribution is -2.48. The van der Waals surface area contributed by atoms with Crippen molar-refractivity contribution < 1.29 is 9.53 Å². The highest BCUT2D eigenvalue weighted by atomic mass is 16.6. The average Bonchev–Trinajstić information content (AvgIpc) is 2.05. The molecule has 0 spiro atoms. The molecule has 4 heteroatoms. The predicted molar refractivity (Wildman–Crippen MR) is 64.5 cm³/mol. The molecule has 0 aromatic rings. The summed E-state index contributed by atoms with van der Waals surface area (Å²) in [4.78, 5) is 13.8. The quantitative estimate of drug-likeness (QED) is 0.800. The minimum Gasteiger partial charge on any atom is -0.444 e. The Balaban J connectivity index is 2.50. The Morgan fingerprint density at radius 1 is 1.44 bits per heavy atom. The topological polar surface area (TPSA) is 41.6 Å². The molecule has 0 atom stereocenters. The van der Waals surface area contributed by atoms with Gasteiger partial charge in [0.2, 0.25) is 0 Å². The molecule has 1 rings (SSSR count). The summed E-state index contributed by atoms with van der Waals surface area (Å²) in [5.74, 6) is 0. The van der Waals surface area contributed by atoms with Gasteiger partial charge in [0.05, 0.1) is 0 Å². The van der Waals surface area contributed by atoms with Gasteiger partial charge in [-0.3, -0.25) is 0 Å². The number of nitrogens with one attached hydrogen (secondary N) is 1. The third-order valence-electron chi connectivity index (χ3n) is 2.75. The second kappa shape index (κ2) is 5.53. The van der Waals surface area contributed by atoms with Crippen molar-refractivity contribution in [3.63, 3.8) is 0 Å². The van der Waals surface area contributed by atoms with Crippen molar-refractivity contribution in [2.75, 3.05) is 20.1 Å². The van der Waals surface area contributed by atoms with Crippen LogP contribution in [0.15, 0.2) is 0 Å². The molecular formula is C12H24N2O2. The summed E-state index contributed by atoms with van der Waals surface area (Å²) in [5.41, 5.74) is -0.404. The normalized spacial score (nSPS) is 16.8. The van der Waals surface area contributed by atoms with Gasteiger partial charge in [0.15, 0.2) is 0 Å². The number of hydrogen-bond donors (Lipinski definition) is 1. The monoisotopic (exact) mass is 228 g/mol. The van der Waals surface area contributed by atoms with E-state index in [1.54, 1.807) is 0 Å². The lowest BCUT2D eigenvalue weighted by molar-refractivity contribution is 0.00755. The molecule has 1 fully saturated rings. The Morgan fingerprint density at radius 3 is 2.44 bits per heavy atom. The first-order valence-corrected chi connectivity index (χ1v) is 6.08. The van der Waals surface area contributed by atoms with Crippen LogP contribution in [-0.4, -0.2) is 42.8 Å². The molecule has 0 aromatic carbocycles. The highest BCUT2D eigenvalue weighted by Gasteiger charge is 2.31. The van der Waals surface area contributed by atoms with Crippen LogP contribution in [0.4, 0.5) is 4.79 Å². The molecule has 0 saturated heterocycles. The summed E-state index contributed by atoms with van der Waals surface area (Å²) in [6.07, 6.45) is 3.28. The van der Waals surface area contributed by atoms with Crippen LogP contribution < -0.4 is 5.32 Å². The van der Waals surface area contributed by atoms with E-state index in [-0.39, 0.29) is 6.09 Å². The molecule has 0 heterocycles. The van der Waals surface area contributed by atoms with E-state index >= 15 is 0 Å². The maximum atomic E-state index is 12.0. The summed E-state index contributed by atoms with van der Waals surface area (Å²) in [5, 5.41) is 3.07. The molecule has 0 unspecified atom stereocenters. The number of nitrogens with zero attached hydrogens (tertiary/aromatic N) is 1. The van der Waals surface area contributed by atoms with E-state index in [4.69, 9.17) is 4.74 Å². The first-order valence-electron chi connectivity index (χ1n) is 6.08. The molecule has 16 heavy (non-hydrogen) atoms. The van der Waals surface area contributed by atoms with Crippen LogP contribution in [-0.2, 0) is 4.74 Å². The van der Waals surface area contributed by atoms with Gasteiger partial charge in [0.1, 0.15) is 5.60 Å². The van der Waals surface area contributed by atoms with Gasteiger partial charge in [-0.1, -0.05) is 0 Å². The number of carbonyl (C=O) groups excluding carboxylic acids is 1. The van der Waals surface area contributed by atoms with Crippen LogP contribution >= 0.6 is 0 Å². The molecule has 1 saturated carbocycles. The number of carbonyl (C=O) groups is 1. The molecule has 1 aliphatic rings. The first kappa shape index (κ1) is 13.3. The van der Waals surface area contributed by atoms with Crippen molar-refractivity contribution in [3.8, 4) is 0 Å². The van der Waals surface area contributed by atoms with E-state index in [2.05, 4.69) is 5.32 Å². The molecule has 0 radical (unpaired) electrons. The van der Waals surface area contributed by atoms with Crippen molar-refractivity contribution in [2.45, 2.75) is 51.7 Å². The Morgan fingerprint density at radius 2 is 2.06 bits per heavy atom. The summed E-state index contributed by atoms with van der Waals surface area (Å²) in [7, 11) is 1.90. The van der Waals surface area contributed by atoms with E-state index < -0.39 is 5.60 Å². The Hall–Kier alpha value is -0.770. The molecule has 94 valence electrons. The van der Waals surface area contributed by atoms with Crippen LogP contribution in [0.1, 0.15) is 40.0 Å². The lowest BCUT2D eigenvalue weighted by atomic mass is 9.92.